The largest absolute Gasteiger partial charge is 0.479 e. The fraction of sp³-hybridized carbons (Fsp3) is 0.364. The van der Waals surface area contributed by atoms with Crippen LogP contribution in [-0.2, 0) is 14.3 Å². The van der Waals surface area contributed by atoms with Crippen LogP contribution in [-0.4, -0.2) is 31.4 Å². The van der Waals surface area contributed by atoms with Crippen LogP contribution in [0.5, 0.6) is 0 Å². The molecule has 4 nitrogen and oxygen atoms in total. The van der Waals surface area contributed by atoms with E-state index in [0.717, 1.165) is 5.56 Å². The van der Waals surface area contributed by atoms with Crippen LogP contribution in [0.1, 0.15) is 11.7 Å². The van der Waals surface area contributed by atoms with Crippen LogP contribution in [0, 0.1) is 0 Å². The molecule has 0 radical (unpaired) electrons. The van der Waals surface area contributed by atoms with E-state index < -0.39 is 18.2 Å². The number of benzene rings is 1. The lowest BCUT2D eigenvalue weighted by Crippen LogP contribution is -2.31. The molecule has 1 aromatic carbocycles. The van der Waals surface area contributed by atoms with E-state index in [9.17, 15) is 4.79 Å². The van der Waals surface area contributed by atoms with Gasteiger partial charge in [-0.3, -0.25) is 0 Å². The molecule has 2 atom stereocenters. The highest BCUT2D eigenvalue weighted by Gasteiger charge is 2.29. The molecule has 0 heterocycles. The van der Waals surface area contributed by atoms with Crippen molar-refractivity contribution < 1.29 is 19.4 Å². The van der Waals surface area contributed by atoms with E-state index in [-0.39, 0.29) is 0 Å². The maximum absolute atomic E-state index is 10.9. The molecule has 0 aliphatic rings. The van der Waals surface area contributed by atoms with Crippen LogP contribution in [0.3, 0.4) is 0 Å². The quantitative estimate of drug-likeness (QED) is 0.799. The third kappa shape index (κ3) is 2.78. The molecule has 0 saturated heterocycles. The van der Waals surface area contributed by atoms with E-state index in [2.05, 4.69) is 0 Å². The summed E-state index contributed by atoms with van der Waals surface area (Å²) in [6, 6.07) is 9.14. The first-order valence-corrected chi connectivity index (χ1v) is 4.54. The Kier molecular flexibility index (Phi) is 4.27. The number of methoxy groups -OCH3 is 2. The average Bonchev–Trinajstić information content (AvgIpc) is 2.26. The molecule has 0 aromatic heterocycles. The van der Waals surface area contributed by atoms with Gasteiger partial charge < -0.3 is 14.6 Å². The number of hydrogen-bond donors (Lipinski definition) is 1. The summed E-state index contributed by atoms with van der Waals surface area (Å²) in [5, 5.41) is 8.93. The Hall–Kier alpha value is -1.39. The first-order chi connectivity index (χ1) is 7.20. The average molecular weight is 210 g/mol. The van der Waals surface area contributed by atoms with Gasteiger partial charge in [-0.1, -0.05) is 30.3 Å². The van der Waals surface area contributed by atoms with Crippen LogP contribution in [0.4, 0.5) is 0 Å². The predicted molar refractivity (Wildman–Crippen MR) is 54.6 cm³/mol. The van der Waals surface area contributed by atoms with Gasteiger partial charge in [-0.05, 0) is 5.56 Å². The Bertz CT molecular complexity index is 310. The van der Waals surface area contributed by atoms with E-state index in [1.165, 1.54) is 14.2 Å². The number of rotatable bonds is 5. The van der Waals surface area contributed by atoms with Crippen molar-refractivity contribution in [1.29, 1.82) is 0 Å². The van der Waals surface area contributed by atoms with Gasteiger partial charge in [-0.2, -0.15) is 0 Å². The smallest absolute Gasteiger partial charge is 0.335 e. The van der Waals surface area contributed by atoms with Crippen molar-refractivity contribution in [1.82, 2.24) is 0 Å². The zero-order chi connectivity index (χ0) is 11.3. The molecular weight excluding hydrogens is 196 g/mol. The summed E-state index contributed by atoms with van der Waals surface area (Å²) in [5.41, 5.74) is 0.786. The van der Waals surface area contributed by atoms with E-state index in [1.807, 2.05) is 30.3 Å². The third-order valence-corrected chi connectivity index (χ3v) is 2.15. The van der Waals surface area contributed by atoms with Gasteiger partial charge in [0.25, 0.3) is 0 Å². The van der Waals surface area contributed by atoms with Crippen molar-refractivity contribution in [2.24, 2.45) is 0 Å². The second-order valence-electron chi connectivity index (χ2n) is 3.06. The van der Waals surface area contributed by atoms with Crippen LogP contribution in [0.2, 0.25) is 0 Å². The monoisotopic (exact) mass is 210 g/mol. The van der Waals surface area contributed by atoms with Crippen molar-refractivity contribution in [3.63, 3.8) is 0 Å². The number of carboxylic acids is 1. The fourth-order valence-electron chi connectivity index (χ4n) is 1.43. The Morgan fingerprint density at radius 1 is 1.20 bits per heavy atom. The van der Waals surface area contributed by atoms with Gasteiger partial charge in [0.2, 0.25) is 0 Å². The molecule has 15 heavy (non-hydrogen) atoms. The lowest BCUT2D eigenvalue weighted by molar-refractivity contribution is -0.157. The van der Waals surface area contributed by atoms with E-state index in [4.69, 9.17) is 14.6 Å². The maximum Gasteiger partial charge on any atom is 0.335 e. The minimum absolute atomic E-state index is 0.589. The fourth-order valence-corrected chi connectivity index (χ4v) is 1.43. The first kappa shape index (κ1) is 11.7. The lowest BCUT2D eigenvalue weighted by atomic mass is 10.0. The molecule has 1 rings (SSSR count). The summed E-state index contributed by atoms with van der Waals surface area (Å²) in [6.07, 6.45) is -1.58. The van der Waals surface area contributed by atoms with E-state index in [1.54, 1.807) is 0 Å². The summed E-state index contributed by atoms with van der Waals surface area (Å²) < 4.78 is 10.0. The zero-order valence-corrected chi connectivity index (χ0v) is 8.71. The van der Waals surface area contributed by atoms with E-state index in [0.29, 0.717) is 0 Å². The molecule has 0 aliphatic heterocycles. The first-order valence-electron chi connectivity index (χ1n) is 4.54. The minimum atomic E-state index is -1.03. The van der Waals surface area contributed by atoms with Gasteiger partial charge >= 0.3 is 5.97 Å². The number of carboxylic acid groups (broad SMARTS) is 1. The zero-order valence-electron chi connectivity index (χ0n) is 8.71. The van der Waals surface area contributed by atoms with Crippen LogP contribution in [0.15, 0.2) is 30.3 Å². The van der Waals surface area contributed by atoms with Gasteiger partial charge in [0.15, 0.2) is 6.10 Å². The Morgan fingerprint density at radius 3 is 2.20 bits per heavy atom. The van der Waals surface area contributed by atoms with Gasteiger partial charge in [-0.15, -0.1) is 0 Å². The lowest BCUT2D eigenvalue weighted by Gasteiger charge is -2.21. The number of carbonyl (C=O) groups is 1. The molecule has 0 amide bonds. The van der Waals surface area contributed by atoms with Crippen molar-refractivity contribution in [3.8, 4) is 0 Å². The normalized spacial score (nSPS) is 14.5. The minimum Gasteiger partial charge on any atom is -0.479 e. The highest BCUT2D eigenvalue weighted by atomic mass is 16.5. The molecule has 0 bridgehead atoms. The van der Waals surface area contributed by atoms with Gasteiger partial charge in [0.05, 0.1) is 0 Å². The molecule has 82 valence electrons. The van der Waals surface area contributed by atoms with Crippen molar-refractivity contribution >= 4 is 5.97 Å². The molecule has 0 saturated carbocycles. The topological polar surface area (TPSA) is 55.8 Å². The SMILES string of the molecule is COC(C(=O)O)C(OC)c1ccccc1. The van der Waals surface area contributed by atoms with Crippen molar-refractivity contribution in [3.05, 3.63) is 35.9 Å². The van der Waals surface area contributed by atoms with Crippen LogP contribution < -0.4 is 0 Å². The maximum atomic E-state index is 10.9. The number of ether oxygens (including phenoxy) is 2. The van der Waals surface area contributed by atoms with Gasteiger partial charge in [0.1, 0.15) is 6.10 Å². The van der Waals surface area contributed by atoms with Gasteiger partial charge in [0, 0.05) is 14.2 Å². The Labute approximate surface area is 88.4 Å². The standard InChI is InChI=1S/C11H14O4/c1-14-9(10(15-2)11(12)13)8-6-4-3-5-7-8/h3-7,9-10H,1-2H3,(H,12,13). The Morgan fingerprint density at radius 2 is 1.80 bits per heavy atom. The summed E-state index contributed by atoms with van der Waals surface area (Å²) >= 11 is 0. The third-order valence-electron chi connectivity index (χ3n) is 2.15. The molecule has 1 N–H and O–H groups in total. The molecule has 2 unspecified atom stereocenters. The Balaban J connectivity index is 2.92. The second-order valence-corrected chi connectivity index (χ2v) is 3.06. The molecular formula is C11H14O4. The van der Waals surface area contributed by atoms with Crippen LogP contribution >= 0.6 is 0 Å². The summed E-state index contributed by atoms with van der Waals surface area (Å²) in [5.74, 6) is -1.03. The summed E-state index contributed by atoms with van der Waals surface area (Å²) in [4.78, 5) is 10.9. The van der Waals surface area contributed by atoms with E-state index >= 15 is 0 Å². The van der Waals surface area contributed by atoms with Crippen LogP contribution in [0.25, 0.3) is 0 Å². The number of aliphatic carboxylic acids is 1. The predicted octanol–water partition coefficient (Wildman–Crippen LogP) is 1.47. The molecule has 4 heteroatoms. The molecule has 0 aliphatic carbocycles. The molecule has 0 fully saturated rings. The second kappa shape index (κ2) is 5.48. The highest BCUT2D eigenvalue weighted by Crippen LogP contribution is 2.22. The summed E-state index contributed by atoms with van der Waals surface area (Å²) in [6.45, 7) is 0. The van der Waals surface area contributed by atoms with Crippen molar-refractivity contribution in [2.45, 2.75) is 12.2 Å². The highest BCUT2D eigenvalue weighted by molar-refractivity contribution is 5.73. The van der Waals surface area contributed by atoms with Crippen molar-refractivity contribution in [2.75, 3.05) is 14.2 Å². The number of hydrogen-bond acceptors (Lipinski definition) is 3. The summed E-state index contributed by atoms with van der Waals surface area (Å²) in [7, 11) is 2.82. The molecule has 0 spiro atoms. The molecule has 1 aromatic rings. The van der Waals surface area contributed by atoms with Gasteiger partial charge in [-0.25, -0.2) is 4.79 Å².